The van der Waals surface area contributed by atoms with Crippen LogP contribution in [0.1, 0.15) is 28.4 Å². The zero-order chi connectivity index (χ0) is 16.8. The van der Waals surface area contributed by atoms with E-state index in [2.05, 4.69) is 11.4 Å². The highest BCUT2D eigenvalue weighted by molar-refractivity contribution is 5.82. The molecule has 2 aromatic rings. The van der Waals surface area contributed by atoms with Crippen LogP contribution < -0.4 is 10.1 Å². The number of rotatable bonds is 6. The summed E-state index contributed by atoms with van der Waals surface area (Å²) in [6.45, 7) is 4.47. The van der Waals surface area contributed by atoms with Gasteiger partial charge in [0.1, 0.15) is 12.4 Å². The van der Waals surface area contributed by atoms with Gasteiger partial charge in [0.15, 0.2) is 6.10 Å². The predicted molar refractivity (Wildman–Crippen MR) is 90.5 cm³/mol. The van der Waals surface area contributed by atoms with Gasteiger partial charge in [-0.3, -0.25) is 4.79 Å². The SMILES string of the molecule is CNC(=O)C(OC)c1ccccc1COc1cc(C)cc(C)c1. The van der Waals surface area contributed by atoms with Crippen LogP contribution in [0.15, 0.2) is 42.5 Å². The van der Waals surface area contributed by atoms with E-state index in [9.17, 15) is 4.79 Å². The molecule has 0 fully saturated rings. The highest BCUT2D eigenvalue weighted by atomic mass is 16.5. The first-order valence-electron chi connectivity index (χ1n) is 7.58. The molecule has 2 aromatic carbocycles. The van der Waals surface area contributed by atoms with E-state index < -0.39 is 6.10 Å². The maximum absolute atomic E-state index is 12.0. The molecule has 122 valence electrons. The highest BCUT2D eigenvalue weighted by Crippen LogP contribution is 2.24. The van der Waals surface area contributed by atoms with Crippen molar-refractivity contribution in [3.63, 3.8) is 0 Å². The van der Waals surface area contributed by atoms with Crippen LogP contribution >= 0.6 is 0 Å². The summed E-state index contributed by atoms with van der Waals surface area (Å²) < 4.78 is 11.3. The van der Waals surface area contributed by atoms with Gasteiger partial charge in [0.25, 0.3) is 5.91 Å². The van der Waals surface area contributed by atoms with Gasteiger partial charge in [-0.2, -0.15) is 0 Å². The molecule has 1 atom stereocenters. The summed E-state index contributed by atoms with van der Waals surface area (Å²) in [5, 5.41) is 2.63. The molecule has 0 spiro atoms. The monoisotopic (exact) mass is 313 g/mol. The molecule has 0 heterocycles. The third-order valence-electron chi connectivity index (χ3n) is 3.65. The average Bonchev–Trinajstić information content (AvgIpc) is 2.53. The molecule has 1 unspecified atom stereocenters. The molecule has 0 radical (unpaired) electrons. The van der Waals surface area contributed by atoms with Crippen molar-refractivity contribution < 1.29 is 14.3 Å². The molecule has 4 nitrogen and oxygen atoms in total. The van der Waals surface area contributed by atoms with Gasteiger partial charge in [-0.05, 0) is 48.2 Å². The topological polar surface area (TPSA) is 47.6 Å². The van der Waals surface area contributed by atoms with Gasteiger partial charge < -0.3 is 14.8 Å². The lowest BCUT2D eigenvalue weighted by molar-refractivity contribution is -0.130. The molecule has 23 heavy (non-hydrogen) atoms. The Bertz CT molecular complexity index is 662. The smallest absolute Gasteiger partial charge is 0.253 e. The normalized spacial score (nSPS) is 11.8. The van der Waals surface area contributed by atoms with E-state index in [0.29, 0.717) is 6.61 Å². The number of benzene rings is 2. The standard InChI is InChI=1S/C19H23NO3/c1-13-9-14(2)11-16(10-13)23-12-15-7-5-6-8-17(15)18(22-4)19(21)20-3/h5-11,18H,12H2,1-4H3,(H,20,21). The molecule has 0 aliphatic rings. The summed E-state index contributed by atoms with van der Waals surface area (Å²) in [6, 6.07) is 13.8. The van der Waals surface area contributed by atoms with E-state index >= 15 is 0 Å². The largest absolute Gasteiger partial charge is 0.489 e. The Kier molecular flexibility index (Phi) is 5.77. The van der Waals surface area contributed by atoms with E-state index in [0.717, 1.165) is 28.0 Å². The first kappa shape index (κ1) is 17.0. The molecule has 0 saturated heterocycles. The number of amides is 1. The molecular formula is C19H23NO3. The molecule has 0 saturated carbocycles. The van der Waals surface area contributed by atoms with Crippen molar-refractivity contribution in [2.75, 3.05) is 14.2 Å². The Balaban J connectivity index is 2.21. The van der Waals surface area contributed by atoms with Gasteiger partial charge >= 0.3 is 0 Å². The Morgan fingerprint density at radius 2 is 1.78 bits per heavy atom. The lowest BCUT2D eigenvalue weighted by Crippen LogP contribution is -2.27. The van der Waals surface area contributed by atoms with E-state index in [4.69, 9.17) is 9.47 Å². The summed E-state index contributed by atoms with van der Waals surface area (Å²) in [4.78, 5) is 12.0. The van der Waals surface area contributed by atoms with Crippen molar-refractivity contribution in [1.29, 1.82) is 0 Å². The fourth-order valence-corrected chi connectivity index (χ4v) is 2.61. The number of aryl methyl sites for hydroxylation is 2. The van der Waals surface area contributed by atoms with Crippen LogP contribution in [0.25, 0.3) is 0 Å². The molecule has 0 aliphatic carbocycles. The fourth-order valence-electron chi connectivity index (χ4n) is 2.61. The Hall–Kier alpha value is -2.33. The maximum Gasteiger partial charge on any atom is 0.253 e. The second-order valence-corrected chi connectivity index (χ2v) is 5.54. The van der Waals surface area contributed by atoms with Crippen molar-refractivity contribution in [1.82, 2.24) is 5.32 Å². The van der Waals surface area contributed by atoms with Crippen LogP contribution in [0.4, 0.5) is 0 Å². The van der Waals surface area contributed by atoms with Crippen LogP contribution in [-0.2, 0) is 16.1 Å². The number of carbonyl (C=O) groups excluding carboxylic acids is 1. The number of ether oxygens (including phenoxy) is 2. The fraction of sp³-hybridized carbons (Fsp3) is 0.316. The van der Waals surface area contributed by atoms with Crippen molar-refractivity contribution in [2.24, 2.45) is 0 Å². The quantitative estimate of drug-likeness (QED) is 0.890. The van der Waals surface area contributed by atoms with Gasteiger partial charge in [0, 0.05) is 14.2 Å². The zero-order valence-corrected chi connectivity index (χ0v) is 14.1. The summed E-state index contributed by atoms with van der Waals surface area (Å²) in [7, 11) is 3.13. The van der Waals surface area contributed by atoms with Crippen LogP contribution in [-0.4, -0.2) is 20.1 Å². The Morgan fingerprint density at radius 1 is 1.13 bits per heavy atom. The Labute approximate surface area is 137 Å². The third kappa shape index (κ3) is 4.33. The van der Waals surface area contributed by atoms with Crippen LogP contribution in [0.5, 0.6) is 5.75 Å². The number of carbonyl (C=O) groups is 1. The van der Waals surface area contributed by atoms with E-state index in [-0.39, 0.29) is 5.91 Å². The molecule has 1 N–H and O–H groups in total. The van der Waals surface area contributed by atoms with Crippen molar-refractivity contribution in [3.05, 3.63) is 64.7 Å². The first-order chi connectivity index (χ1) is 11.0. The lowest BCUT2D eigenvalue weighted by Gasteiger charge is -2.18. The molecule has 4 heteroatoms. The van der Waals surface area contributed by atoms with Gasteiger partial charge in [-0.15, -0.1) is 0 Å². The number of hydrogen-bond donors (Lipinski definition) is 1. The molecule has 0 aliphatic heterocycles. The predicted octanol–water partition coefficient (Wildman–Crippen LogP) is 3.32. The molecule has 0 aromatic heterocycles. The highest BCUT2D eigenvalue weighted by Gasteiger charge is 2.21. The average molecular weight is 313 g/mol. The molecule has 0 bridgehead atoms. The molecule has 2 rings (SSSR count). The number of hydrogen-bond acceptors (Lipinski definition) is 3. The van der Waals surface area contributed by atoms with E-state index in [1.807, 2.05) is 50.2 Å². The summed E-state index contributed by atoms with van der Waals surface area (Å²) in [5.74, 6) is 0.651. The Morgan fingerprint density at radius 3 is 2.39 bits per heavy atom. The van der Waals surface area contributed by atoms with E-state index in [1.165, 1.54) is 7.11 Å². The summed E-state index contributed by atoms with van der Waals surface area (Å²) in [5.41, 5.74) is 4.07. The van der Waals surface area contributed by atoms with Crippen LogP contribution in [0.3, 0.4) is 0 Å². The minimum absolute atomic E-state index is 0.175. The van der Waals surface area contributed by atoms with Crippen molar-refractivity contribution in [2.45, 2.75) is 26.6 Å². The second-order valence-electron chi connectivity index (χ2n) is 5.54. The van der Waals surface area contributed by atoms with Crippen molar-refractivity contribution >= 4 is 5.91 Å². The second kappa shape index (κ2) is 7.79. The number of likely N-dealkylation sites (N-methyl/N-ethyl adjacent to an activating group) is 1. The van der Waals surface area contributed by atoms with Crippen molar-refractivity contribution in [3.8, 4) is 5.75 Å². The van der Waals surface area contributed by atoms with Gasteiger partial charge in [-0.25, -0.2) is 0 Å². The zero-order valence-electron chi connectivity index (χ0n) is 14.1. The lowest BCUT2D eigenvalue weighted by atomic mass is 10.0. The minimum Gasteiger partial charge on any atom is -0.489 e. The minimum atomic E-state index is -0.640. The first-order valence-corrected chi connectivity index (χ1v) is 7.58. The van der Waals surface area contributed by atoms with Gasteiger partial charge in [0.05, 0.1) is 0 Å². The van der Waals surface area contributed by atoms with Crippen LogP contribution in [0, 0.1) is 13.8 Å². The van der Waals surface area contributed by atoms with E-state index in [1.54, 1.807) is 7.05 Å². The van der Waals surface area contributed by atoms with Crippen LogP contribution in [0.2, 0.25) is 0 Å². The third-order valence-corrected chi connectivity index (χ3v) is 3.65. The summed E-state index contributed by atoms with van der Waals surface area (Å²) >= 11 is 0. The number of nitrogens with one attached hydrogen (secondary N) is 1. The summed E-state index contributed by atoms with van der Waals surface area (Å²) in [6.07, 6.45) is -0.640. The number of methoxy groups -OCH3 is 1. The maximum atomic E-state index is 12.0. The van der Waals surface area contributed by atoms with Gasteiger partial charge in [0.2, 0.25) is 0 Å². The molecule has 1 amide bonds. The van der Waals surface area contributed by atoms with Gasteiger partial charge in [-0.1, -0.05) is 30.3 Å². The molecular weight excluding hydrogens is 290 g/mol.